The van der Waals surface area contributed by atoms with E-state index in [1.807, 2.05) is 0 Å². The maximum absolute atomic E-state index is 13.2. The average Bonchev–Trinajstić information content (AvgIpc) is 3.02. The molecule has 46 heavy (non-hydrogen) atoms. The van der Waals surface area contributed by atoms with Crippen LogP contribution >= 0.6 is 0 Å². The Kier molecular flexibility index (Phi) is 10.8. The van der Waals surface area contributed by atoms with Gasteiger partial charge in [-0.05, 0) is 82.1 Å². The van der Waals surface area contributed by atoms with Gasteiger partial charge in [-0.2, -0.15) is 4.72 Å². The second-order valence-corrected chi connectivity index (χ2v) is 13.3. The normalized spacial score (nSPS) is 14.7. The Hall–Kier alpha value is -4.76. The Balaban J connectivity index is 1.43. The fraction of sp³-hybridized carbons (Fsp3) is 0.387. The predicted octanol–water partition coefficient (Wildman–Crippen LogP) is 2.68. The van der Waals surface area contributed by atoms with Gasteiger partial charge in [-0.25, -0.2) is 23.2 Å². The summed E-state index contributed by atoms with van der Waals surface area (Å²) in [5.74, 6) is -1.60. The molecule has 2 heterocycles. The standard InChI is InChI=1S/C31H38N6O8S/c1-31(2,3)45-29(41)24(36-46(42,43)23-9-6-20(7-10-23)28(39)40)19-34-27(38)21-8-11-25(26(18-21)44-4)37-16-12-22(13-17-37)35-30-32-14-5-15-33-30/h5-11,14-15,18,22,24,36H,12-13,16-17,19H2,1-4H3,(H,34,38)(H,39,40)(H,32,33,35)/t24-/m0/s1. The lowest BCUT2D eigenvalue weighted by atomic mass is 10.0. The molecule has 14 nitrogen and oxygen atoms in total. The lowest BCUT2D eigenvalue weighted by molar-refractivity contribution is -0.156. The van der Waals surface area contributed by atoms with Crippen molar-refractivity contribution in [3.8, 4) is 5.75 Å². The van der Waals surface area contributed by atoms with Crippen LogP contribution in [0.1, 0.15) is 54.3 Å². The number of nitrogens with zero attached hydrogens (tertiary/aromatic N) is 3. The minimum absolute atomic E-state index is 0.101. The van der Waals surface area contributed by atoms with Gasteiger partial charge in [0.1, 0.15) is 17.4 Å². The van der Waals surface area contributed by atoms with Crippen molar-refractivity contribution in [1.82, 2.24) is 20.0 Å². The number of aromatic nitrogens is 2. The molecule has 0 saturated carbocycles. The Morgan fingerprint density at radius 1 is 1.02 bits per heavy atom. The van der Waals surface area contributed by atoms with Crippen LogP contribution in [0.25, 0.3) is 0 Å². The topological polar surface area (TPSA) is 189 Å². The number of esters is 1. The summed E-state index contributed by atoms with van der Waals surface area (Å²) in [6, 6.07) is 10.00. The second kappa shape index (κ2) is 14.6. The van der Waals surface area contributed by atoms with E-state index in [2.05, 4.69) is 30.2 Å². The van der Waals surface area contributed by atoms with Gasteiger partial charge < -0.3 is 30.1 Å². The van der Waals surface area contributed by atoms with Crippen molar-refractivity contribution in [2.24, 2.45) is 0 Å². The molecule has 2 aromatic carbocycles. The Morgan fingerprint density at radius 3 is 2.24 bits per heavy atom. The van der Waals surface area contributed by atoms with E-state index in [0.29, 0.717) is 11.7 Å². The first-order valence-corrected chi connectivity index (χ1v) is 16.1. The first kappa shape index (κ1) is 34.1. The second-order valence-electron chi connectivity index (χ2n) is 11.6. The fourth-order valence-electron chi connectivity index (χ4n) is 4.78. The van der Waals surface area contributed by atoms with Crippen molar-refractivity contribution in [3.63, 3.8) is 0 Å². The molecule has 0 spiro atoms. The number of sulfonamides is 1. The van der Waals surface area contributed by atoms with Gasteiger partial charge in [0, 0.05) is 43.6 Å². The molecule has 1 saturated heterocycles. The number of amides is 1. The van der Waals surface area contributed by atoms with Crippen LogP contribution in [0.3, 0.4) is 0 Å². The quantitative estimate of drug-likeness (QED) is 0.209. The maximum Gasteiger partial charge on any atom is 0.335 e. The molecule has 1 aliphatic rings. The molecule has 0 radical (unpaired) electrons. The zero-order valence-corrected chi connectivity index (χ0v) is 26.8. The fourth-order valence-corrected chi connectivity index (χ4v) is 5.96. The van der Waals surface area contributed by atoms with Crippen LogP contribution in [0.4, 0.5) is 11.6 Å². The molecular weight excluding hydrogens is 616 g/mol. The number of anilines is 2. The van der Waals surface area contributed by atoms with E-state index >= 15 is 0 Å². The summed E-state index contributed by atoms with van der Waals surface area (Å²) in [5.41, 5.74) is 0.0305. The molecule has 15 heteroatoms. The number of carboxylic acid groups (broad SMARTS) is 1. The van der Waals surface area contributed by atoms with Crippen LogP contribution in [-0.2, 0) is 19.6 Å². The SMILES string of the molecule is COc1cc(C(=O)NC[C@H](NS(=O)(=O)c2ccc(C(=O)O)cc2)C(=O)OC(C)(C)C)ccc1N1CCC(Nc2ncccn2)CC1. The van der Waals surface area contributed by atoms with E-state index in [1.54, 1.807) is 57.4 Å². The smallest absolute Gasteiger partial charge is 0.335 e. The highest BCUT2D eigenvalue weighted by Crippen LogP contribution is 2.32. The van der Waals surface area contributed by atoms with E-state index in [-0.39, 0.29) is 22.1 Å². The monoisotopic (exact) mass is 654 g/mol. The molecule has 1 aliphatic heterocycles. The van der Waals surface area contributed by atoms with Gasteiger partial charge in [-0.3, -0.25) is 9.59 Å². The number of carbonyl (C=O) groups excluding carboxylic acids is 2. The Bertz CT molecular complexity index is 1640. The lowest BCUT2D eigenvalue weighted by Gasteiger charge is -2.34. The molecule has 1 amide bonds. The van der Waals surface area contributed by atoms with Crippen LogP contribution in [-0.4, -0.2) is 85.8 Å². The number of benzene rings is 2. The third kappa shape index (κ3) is 9.14. The Labute approximate surface area is 267 Å². The minimum atomic E-state index is -4.30. The largest absolute Gasteiger partial charge is 0.495 e. The first-order valence-electron chi connectivity index (χ1n) is 14.6. The summed E-state index contributed by atoms with van der Waals surface area (Å²) in [6.07, 6.45) is 5.06. The average molecular weight is 655 g/mol. The highest BCUT2D eigenvalue weighted by Gasteiger charge is 2.31. The van der Waals surface area contributed by atoms with E-state index in [4.69, 9.17) is 14.6 Å². The van der Waals surface area contributed by atoms with Crippen molar-refractivity contribution in [3.05, 3.63) is 72.1 Å². The van der Waals surface area contributed by atoms with Gasteiger partial charge in [0.05, 0.1) is 23.3 Å². The van der Waals surface area contributed by atoms with E-state index in [9.17, 15) is 22.8 Å². The molecule has 0 aliphatic carbocycles. The summed E-state index contributed by atoms with van der Waals surface area (Å²) in [5, 5.41) is 15.1. The van der Waals surface area contributed by atoms with Gasteiger partial charge in [0.15, 0.2) is 0 Å². The summed E-state index contributed by atoms with van der Waals surface area (Å²) in [7, 11) is -2.79. The zero-order chi connectivity index (χ0) is 33.5. The molecule has 1 atom stereocenters. The number of methoxy groups -OCH3 is 1. The van der Waals surface area contributed by atoms with E-state index < -0.39 is 46.1 Å². The molecule has 4 N–H and O–H groups in total. The third-order valence-corrected chi connectivity index (χ3v) is 8.53. The number of aromatic carboxylic acids is 1. The van der Waals surface area contributed by atoms with Gasteiger partial charge in [-0.1, -0.05) is 0 Å². The van der Waals surface area contributed by atoms with Crippen LogP contribution in [0.5, 0.6) is 5.75 Å². The van der Waals surface area contributed by atoms with Crippen LogP contribution in [0.15, 0.2) is 65.8 Å². The van der Waals surface area contributed by atoms with Crippen molar-refractivity contribution in [2.75, 3.05) is 37.0 Å². The number of ether oxygens (including phenoxy) is 2. The van der Waals surface area contributed by atoms with Gasteiger partial charge in [-0.15, -0.1) is 0 Å². The summed E-state index contributed by atoms with van der Waals surface area (Å²) < 4.78 is 39.4. The number of nitrogens with one attached hydrogen (secondary N) is 3. The first-order chi connectivity index (χ1) is 21.8. The summed E-state index contributed by atoms with van der Waals surface area (Å²) in [6.45, 7) is 5.95. The lowest BCUT2D eigenvalue weighted by Crippen LogP contribution is -2.50. The minimum Gasteiger partial charge on any atom is -0.495 e. The molecule has 246 valence electrons. The number of carbonyl (C=O) groups is 3. The van der Waals surface area contributed by atoms with E-state index in [0.717, 1.165) is 55.9 Å². The molecule has 1 fully saturated rings. The maximum atomic E-state index is 13.2. The van der Waals surface area contributed by atoms with Crippen molar-refractivity contribution in [1.29, 1.82) is 0 Å². The number of carboxylic acids is 1. The zero-order valence-electron chi connectivity index (χ0n) is 26.0. The van der Waals surface area contributed by atoms with Crippen molar-refractivity contribution < 1.29 is 37.4 Å². The number of hydrogen-bond donors (Lipinski definition) is 4. The molecule has 3 aromatic rings. The number of rotatable bonds is 12. The Morgan fingerprint density at radius 2 is 1.65 bits per heavy atom. The number of piperidine rings is 1. The van der Waals surface area contributed by atoms with Crippen LogP contribution in [0.2, 0.25) is 0 Å². The predicted molar refractivity (Wildman–Crippen MR) is 170 cm³/mol. The molecule has 0 unspecified atom stereocenters. The highest BCUT2D eigenvalue weighted by molar-refractivity contribution is 7.89. The summed E-state index contributed by atoms with van der Waals surface area (Å²) >= 11 is 0. The van der Waals surface area contributed by atoms with Gasteiger partial charge in [0.2, 0.25) is 16.0 Å². The molecule has 4 rings (SSSR count). The number of hydrogen-bond acceptors (Lipinski definition) is 11. The van der Waals surface area contributed by atoms with Crippen LogP contribution in [0, 0.1) is 0 Å². The van der Waals surface area contributed by atoms with Crippen molar-refractivity contribution >= 4 is 39.5 Å². The molecule has 1 aromatic heterocycles. The molecular formula is C31H38N6O8S. The van der Waals surface area contributed by atoms with Gasteiger partial charge >= 0.3 is 11.9 Å². The van der Waals surface area contributed by atoms with Gasteiger partial charge in [0.25, 0.3) is 5.91 Å². The van der Waals surface area contributed by atoms with Crippen LogP contribution < -0.4 is 25.0 Å². The molecule has 0 bridgehead atoms. The van der Waals surface area contributed by atoms with Crippen molar-refractivity contribution in [2.45, 2.75) is 56.2 Å². The third-order valence-electron chi connectivity index (χ3n) is 7.04. The summed E-state index contributed by atoms with van der Waals surface area (Å²) in [4.78, 5) is 47.7. The van der Waals surface area contributed by atoms with E-state index in [1.165, 1.54) is 7.11 Å². The highest BCUT2D eigenvalue weighted by atomic mass is 32.2.